The highest BCUT2D eigenvalue weighted by Crippen LogP contribution is 2.12. The van der Waals surface area contributed by atoms with Crippen molar-refractivity contribution in [3.63, 3.8) is 0 Å². The van der Waals surface area contributed by atoms with Crippen LogP contribution in [0.4, 0.5) is 0 Å². The molecular weight excluding hydrogens is 286 g/mol. The molecule has 0 heterocycles. The van der Waals surface area contributed by atoms with Gasteiger partial charge in [-0.15, -0.1) is 0 Å². The van der Waals surface area contributed by atoms with E-state index in [1.807, 2.05) is 0 Å². The van der Waals surface area contributed by atoms with Crippen LogP contribution in [-0.2, 0) is 19.6 Å². The fourth-order valence-electron chi connectivity index (χ4n) is 1.45. The highest BCUT2D eigenvalue weighted by Gasteiger charge is 2.23. The summed E-state index contributed by atoms with van der Waals surface area (Å²) in [4.78, 5) is 21.9. The molecule has 0 radical (unpaired) electrons. The predicted octanol–water partition coefficient (Wildman–Crippen LogP) is 0.615. The van der Waals surface area contributed by atoms with Crippen LogP contribution in [0, 0.1) is 0 Å². The van der Waals surface area contributed by atoms with Crippen molar-refractivity contribution in [1.29, 1.82) is 0 Å². The van der Waals surface area contributed by atoms with E-state index in [4.69, 9.17) is 5.11 Å². The number of ether oxygens (including phenoxy) is 1. The molecular formula is C12H15NO6S. The van der Waals surface area contributed by atoms with E-state index >= 15 is 0 Å². The first kappa shape index (κ1) is 16.1. The monoisotopic (exact) mass is 301 g/mol. The Balaban J connectivity index is 2.98. The summed E-state index contributed by atoms with van der Waals surface area (Å²) < 4.78 is 30.5. The van der Waals surface area contributed by atoms with Crippen molar-refractivity contribution in [1.82, 2.24) is 4.72 Å². The first-order valence-electron chi connectivity index (χ1n) is 5.75. The Hall–Kier alpha value is -1.93. The molecule has 0 amide bonds. The summed E-state index contributed by atoms with van der Waals surface area (Å²) in [5, 5.41) is 8.84. The second-order valence-electron chi connectivity index (χ2n) is 3.94. The second-order valence-corrected chi connectivity index (χ2v) is 5.65. The van der Waals surface area contributed by atoms with E-state index < -0.39 is 28.0 Å². The normalized spacial score (nSPS) is 12.7. The Kier molecular flexibility index (Phi) is 5.23. The maximum atomic E-state index is 12.0. The molecule has 0 saturated carbocycles. The molecule has 8 heteroatoms. The molecule has 0 bridgehead atoms. The lowest BCUT2D eigenvalue weighted by atomic mass is 10.2. The number of hydrogen-bond donors (Lipinski definition) is 2. The summed E-state index contributed by atoms with van der Waals surface area (Å²) in [6.07, 6.45) is 0.120. The third kappa shape index (κ3) is 3.78. The first-order valence-corrected chi connectivity index (χ1v) is 7.23. The topological polar surface area (TPSA) is 110 Å². The maximum absolute atomic E-state index is 12.0. The van der Waals surface area contributed by atoms with Crippen LogP contribution in [0.3, 0.4) is 0 Å². The lowest BCUT2D eigenvalue weighted by Gasteiger charge is -2.12. The molecule has 110 valence electrons. The minimum atomic E-state index is -3.95. The SMILES string of the molecule is CC[C@@H](NS(=O)(=O)c1ccc(C(=O)OC)cc1)C(=O)O. The van der Waals surface area contributed by atoms with Crippen molar-refractivity contribution in [2.24, 2.45) is 0 Å². The van der Waals surface area contributed by atoms with Gasteiger partial charge in [0.1, 0.15) is 6.04 Å². The van der Waals surface area contributed by atoms with E-state index in [0.29, 0.717) is 0 Å². The Morgan fingerprint density at radius 2 is 1.85 bits per heavy atom. The Morgan fingerprint density at radius 3 is 2.25 bits per heavy atom. The highest BCUT2D eigenvalue weighted by atomic mass is 32.2. The average molecular weight is 301 g/mol. The van der Waals surface area contributed by atoms with Gasteiger partial charge >= 0.3 is 11.9 Å². The molecule has 0 spiro atoms. The van der Waals surface area contributed by atoms with Crippen LogP contribution in [0.15, 0.2) is 29.2 Å². The summed E-state index contributed by atoms with van der Waals surface area (Å²) >= 11 is 0. The fraction of sp³-hybridized carbons (Fsp3) is 0.333. The number of nitrogens with one attached hydrogen (secondary N) is 1. The molecule has 0 aliphatic heterocycles. The van der Waals surface area contributed by atoms with Crippen molar-refractivity contribution >= 4 is 22.0 Å². The van der Waals surface area contributed by atoms with Crippen molar-refractivity contribution in [2.75, 3.05) is 7.11 Å². The quantitative estimate of drug-likeness (QED) is 0.745. The summed E-state index contributed by atoms with van der Waals surface area (Å²) in [5.74, 6) is -1.83. The number of carbonyl (C=O) groups excluding carboxylic acids is 1. The van der Waals surface area contributed by atoms with Gasteiger partial charge in [0.15, 0.2) is 0 Å². The molecule has 0 aromatic heterocycles. The van der Waals surface area contributed by atoms with Gasteiger partial charge in [0.05, 0.1) is 17.6 Å². The van der Waals surface area contributed by atoms with Crippen LogP contribution in [0.1, 0.15) is 23.7 Å². The van der Waals surface area contributed by atoms with Gasteiger partial charge in [-0.25, -0.2) is 13.2 Å². The largest absolute Gasteiger partial charge is 0.480 e. The summed E-state index contributed by atoms with van der Waals surface area (Å²) in [5.41, 5.74) is 0.205. The minimum absolute atomic E-state index is 0.120. The van der Waals surface area contributed by atoms with Gasteiger partial charge in [-0.1, -0.05) is 6.92 Å². The highest BCUT2D eigenvalue weighted by molar-refractivity contribution is 7.89. The molecule has 0 fully saturated rings. The number of sulfonamides is 1. The molecule has 0 aliphatic carbocycles. The van der Waals surface area contributed by atoms with Crippen LogP contribution in [0.25, 0.3) is 0 Å². The smallest absolute Gasteiger partial charge is 0.337 e. The van der Waals surface area contributed by atoms with E-state index in [0.717, 1.165) is 0 Å². The number of rotatable bonds is 6. The number of aliphatic carboxylic acids is 1. The molecule has 1 aromatic rings. The first-order chi connectivity index (χ1) is 9.31. The zero-order valence-corrected chi connectivity index (χ0v) is 11.8. The third-order valence-electron chi connectivity index (χ3n) is 2.59. The van der Waals surface area contributed by atoms with Crippen LogP contribution in [-0.4, -0.2) is 38.6 Å². The van der Waals surface area contributed by atoms with Gasteiger partial charge in [0.2, 0.25) is 10.0 Å². The van der Waals surface area contributed by atoms with Gasteiger partial charge in [-0.3, -0.25) is 4.79 Å². The molecule has 0 aliphatic rings. The molecule has 0 unspecified atom stereocenters. The average Bonchev–Trinajstić information content (AvgIpc) is 2.43. The fourth-order valence-corrected chi connectivity index (χ4v) is 2.72. The van der Waals surface area contributed by atoms with E-state index in [9.17, 15) is 18.0 Å². The summed E-state index contributed by atoms with van der Waals surface area (Å²) in [7, 11) is -2.73. The number of methoxy groups -OCH3 is 1. The summed E-state index contributed by atoms with van der Waals surface area (Å²) in [6, 6.07) is 3.82. The molecule has 1 rings (SSSR count). The Morgan fingerprint density at radius 1 is 1.30 bits per heavy atom. The van der Waals surface area contributed by atoms with Gasteiger partial charge in [-0.05, 0) is 30.7 Å². The third-order valence-corrected chi connectivity index (χ3v) is 4.08. The second kappa shape index (κ2) is 6.49. The molecule has 0 saturated heterocycles. The van der Waals surface area contributed by atoms with Crippen molar-refractivity contribution in [2.45, 2.75) is 24.3 Å². The van der Waals surface area contributed by atoms with Crippen LogP contribution in [0.2, 0.25) is 0 Å². The molecule has 7 nitrogen and oxygen atoms in total. The van der Waals surface area contributed by atoms with Crippen molar-refractivity contribution in [3.8, 4) is 0 Å². The van der Waals surface area contributed by atoms with Crippen LogP contribution < -0.4 is 4.72 Å². The Bertz CT molecular complexity index is 593. The molecule has 1 atom stereocenters. The van der Waals surface area contributed by atoms with E-state index in [1.165, 1.54) is 31.4 Å². The lowest BCUT2D eigenvalue weighted by molar-refractivity contribution is -0.139. The lowest BCUT2D eigenvalue weighted by Crippen LogP contribution is -2.40. The molecule has 1 aromatic carbocycles. The van der Waals surface area contributed by atoms with E-state index in [2.05, 4.69) is 9.46 Å². The standard InChI is InChI=1S/C12H15NO6S/c1-3-10(11(14)15)13-20(17,18)9-6-4-8(5-7-9)12(16)19-2/h4-7,10,13H,3H2,1-2H3,(H,14,15)/t10-/m1/s1. The summed E-state index contributed by atoms with van der Waals surface area (Å²) in [6.45, 7) is 1.56. The Labute approximate surface area is 116 Å². The number of esters is 1. The number of carboxylic acids is 1. The van der Waals surface area contributed by atoms with Gasteiger partial charge in [-0.2, -0.15) is 4.72 Å². The van der Waals surface area contributed by atoms with Gasteiger partial charge in [0.25, 0.3) is 0 Å². The van der Waals surface area contributed by atoms with Gasteiger partial charge in [0, 0.05) is 0 Å². The van der Waals surface area contributed by atoms with Gasteiger partial charge < -0.3 is 9.84 Å². The predicted molar refractivity (Wildman–Crippen MR) is 69.8 cm³/mol. The van der Waals surface area contributed by atoms with Crippen molar-refractivity contribution in [3.05, 3.63) is 29.8 Å². The van der Waals surface area contributed by atoms with E-state index in [1.54, 1.807) is 6.92 Å². The van der Waals surface area contributed by atoms with Crippen LogP contribution >= 0.6 is 0 Å². The van der Waals surface area contributed by atoms with Crippen LogP contribution in [0.5, 0.6) is 0 Å². The number of carbonyl (C=O) groups is 2. The zero-order valence-electron chi connectivity index (χ0n) is 11.0. The van der Waals surface area contributed by atoms with E-state index in [-0.39, 0.29) is 16.9 Å². The minimum Gasteiger partial charge on any atom is -0.480 e. The zero-order chi connectivity index (χ0) is 15.3. The molecule has 2 N–H and O–H groups in total. The van der Waals surface area contributed by atoms with Crippen molar-refractivity contribution < 1.29 is 27.9 Å². The number of benzene rings is 1. The number of carboxylic acid groups (broad SMARTS) is 1. The molecule has 20 heavy (non-hydrogen) atoms. The maximum Gasteiger partial charge on any atom is 0.337 e. The number of hydrogen-bond acceptors (Lipinski definition) is 5.